The largest absolute Gasteiger partial charge is 0.320 e. The van der Waals surface area contributed by atoms with Crippen molar-refractivity contribution in [3.05, 3.63) is 21.9 Å². The number of hydrogen-bond acceptors (Lipinski definition) is 4. The second-order valence-corrected chi connectivity index (χ2v) is 8.03. The third-order valence-electron chi connectivity index (χ3n) is 3.53. The summed E-state index contributed by atoms with van der Waals surface area (Å²) in [6.45, 7) is 7.28. The van der Waals surface area contributed by atoms with Crippen molar-refractivity contribution in [3.8, 4) is 0 Å². The number of amides is 1. The van der Waals surface area contributed by atoms with Crippen LogP contribution in [0.1, 0.15) is 36.2 Å². The summed E-state index contributed by atoms with van der Waals surface area (Å²) >= 11 is 3.57. The molecule has 1 amide bonds. The molecule has 1 aliphatic rings. The first-order valence-electron chi connectivity index (χ1n) is 7.14. The average Bonchev–Trinajstić information content (AvgIpc) is 2.93. The second-order valence-electron chi connectivity index (χ2n) is 5.72. The lowest BCUT2D eigenvalue weighted by Gasteiger charge is -2.22. The maximum Gasteiger partial charge on any atom is 0.241 e. The summed E-state index contributed by atoms with van der Waals surface area (Å²) in [6.07, 6.45) is 3.07. The van der Waals surface area contributed by atoms with Crippen LogP contribution in [0.2, 0.25) is 0 Å². The molecule has 3 nitrogen and oxygen atoms in total. The Morgan fingerprint density at radius 2 is 2.20 bits per heavy atom. The molecule has 2 heterocycles. The molecule has 0 radical (unpaired) electrons. The van der Waals surface area contributed by atoms with Gasteiger partial charge in [-0.05, 0) is 37.7 Å². The van der Waals surface area contributed by atoms with Crippen molar-refractivity contribution in [1.29, 1.82) is 0 Å². The number of carbonyl (C=O) groups excluding carboxylic acids is 1. The molecule has 0 saturated carbocycles. The second kappa shape index (κ2) is 6.96. The summed E-state index contributed by atoms with van der Waals surface area (Å²) < 4.78 is 0. The van der Waals surface area contributed by atoms with Crippen LogP contribution < -0.4 is 5.32 Å². The van der Waals surface area contributed by atoms with Gasteiger partial charge in [0, 0.05) is 22.1 Å². The molecule has 20 heavy (non-hydrogen) atoms. The molecular weight excluding hydrogens is 288 g/mol. The van der Waals surface area contributed by atoms with E-state index in [1.807, 2.05) is 4.90 Å². The van der Waals surface area contributed by atoms with E-state index < -0.39 is 0 Å². The predicted octanol–water partition coefficient (Wildman–Crippen LogP) is 3.26. The monoisotopic (exact) mass is 312 g/mol. The van der Waals surface area contributed by atoms with Crippen LogP contribution in [0.5, 0.6) is 0 Å². The van der Waals surface area contributed by atoms with Gasteiger partial charge in [0.05, 0.1) is 6.04 Å². The van der Waals surface area contributed by atoms with Crippen molar-refractivity contribution < 1.29 is 4.79 Å². The van der Waals surface area contributed by atoms with Crippen molar-refractivity contribution >= 4 is 29.0 Å². The zero-order valence-corrected chi connectivity index (χ0v) is 14.3. The topological polar surface area (TPSA) is 32.3 Å². The van der Waals surface area contributed by atoms with E-state index in [0.717, 1.165) is 18.7 Å². The van der Waals surface area contributed by atoms with Crippen LogP contribution in [0.25, 0.3) is 0 Å². The molecule has 1 N–H and O–H groups in total. The van der Waals surface area contributed by atoms with Gasteiger partial charge in [-0.25, -0.2) is 0 Å². The van der Waals surface area contributed by atoms with Gasteiger partial charge in [-0.15, -0.1) is 11.3 Å². The van der Waals surface area contributed by atoms with Crippen LogP contribution in [0, 0.1) is 12.8 Å². The summed E-state index contributed by atoms with van der Waals surface area (Å²) in [4.78, 5) is 17.2. The van der Waals surface area contributed by atoms with E-state index in [9.17, 15) is 4.79 Å². The molecule has 0 bridgehead atoms. The molecule has 2 unspecified atom stereocenters. The summed E-state index contributed by atoms with van der Waals surface area (Å²) in [5, 5.41) is 3.54. The summed E-state index contributed by atoms with van der Waals surface area (Å²) in [6, 6.07) is 4.26. The van der Waals surface area contributed by atoms with Crippen LogP contribution >= 0.6 is 23.1 Å². The van der Waals surface area contributed by atoms with Gasteiger partial charge in [0.2, 0.25) is 5.91 Å². The van der Waals surface area contributed by atoms with E-state index in [2.05, 4.69) is 44.5 Å². The Hall–Kier alpha value is -0.520. The van der Waals surface area contributed by atoms with E-state index in [1.54, 1.807) is 23.1 Å². The Bertz CT molecular complexity index is 458. The van der Waals surface area contributed by atoms with Crippen LogP contribution in [-0.4, -0.2) is 35.4 Å². The molecule has 1 aromatic heterocycles. The average molecular weight is 313 g/mol. The third-order valence-corrected chi connectivity index (χ3v) is 5.17. The number of rotatable bonds is 6. The summed E-state index contributed by atoms with van der Waals surface area (Å²) in [5.41, 5.74) is 0. The van der Waals surface area contributed by atoms with Crippen molar-refractivity contribution in [3.63, 3.8) is 0 Å². The molecule has 2 atom stereocenters. The molecule has 1 aromatic rings. The van der Waals surface area contributed by atoms with Crippen LogP contribution in [0.4, 0.5) is 0 Å². The molecule has 0 aliphatic carbocycles. The van der Waals surface area contributed by atoms with Gasteiger partial charge in [0.25, 0.3) is 0 Å². The molecule has 5 heteroatoms. The smallest absolute Gasteiger partial charge is 0.241 e. The quantitative estimate of drug-likeness (QED) is 0.875. The SMILES string of the molecule is CSCCN1C(=O)C(CC(C)C)NC1c1ccc(C)s1. The fourth-order valence-corrected chi connectivity index (χ4v) is 3.91. The normalized spacial score (nSPS) is 23.1. The molecule has 1 fully saturated rings. The minimum atomic E-state index is -0.0238. The predicted molar refractivity (Wildman–Crippen MR) is 88.3 cm³/mol. The van der Waals surface area contributed by atoms with Crippen molar-refractivity contribution in [1.82, 2.24) is 10.2 Å². The minimum Gasteiger partial charge on any atom is -0.320 e. The highest BCUT2D eigenvalue weighted by Crippen LogP contribution is 2.32. The highest BCUT2D eigenvalue weighted by molar-refractivity contribution is 7.98. The number of nitrogens with one attached hydrogen (secondary N) is 1. The fraction of sp³-hybridized carbons (Fsp3) is 0.667. The van der Waals surface area contributed by atoms with Gasteiger partial charge in [-0.3, -0.25) is 10.1 Å². The molecule has 0 aromatic carbocycles. The van der Waals surface area contributed by atoms with E-state index in [0.29, 0.717) is 5.92 Å². The Kier molecular flexibility index (Phi) is 5.52. The Morgan fingerprint density at radius 3 is 2.75 bits per heavy atom. The van der Waals surface area contributed by atoms with Gasteiger partial charge >= 0.3 is 0 Å². The van der Waals surface area contributed by atoms with E-state index in [1.165, 1.54) is 9.75 Å². The van der Waals surface area contributed by atoms with Crippen LogP contribution in [0.3, 0.4) is 0 Å². The van der Waals surface area contributed by atoms with Gasteiger partial charge < -0.3 is 4.90 Å². The molecule has 1 saturated heterocycles. The first-order valence-corrected chi connectivity index (χ1v) is 9.35. The lowest BCUT2D eigenvalue weighted by atomic mass is 10.0. The Balaban J connectivity index is 2.16. The summed E-state index contributed by atoms with van der Waals surface area (Å²) in [5.74, 6) is 1.79. The number of thiophene rings is 1. The number of thioether (sulfide) groups is 1. The van der Waals surface area contributed by atoms with Crippen molar-refractivity contribution in [2.24, 2.45) is 5.92 Å². The highest BCUT2D eigenvalue weighted by Gasteiger charge is 2.39. The highest BCUT2D eigenvalue weighted by atomic mass is 32.2. The maximum atomic E-state index is 12.6. The minimum absolute atomic E-state index is 0.0238. The third kappa shape index (κ3) is 3.57. The molecule has 112 valence electrons. The Labute approximate surface area is 130 Å². The first kappa shape index (κ1) is 15.9. The van der Waals surface area contributed by atoms with Crippen LogP contribution in [-0.2, 0) is 4.79 Å². The Morgan fingerprint density at radius 1 is 1.45 bits per heavy atom. The number of nitrogens with zero attached hydrogens (tertiary/aromatic N) is 1. The van der Waals surface area contributed by atoms with E-state index in [4.69, 9.17) is 0 Å². The van der Waals surface area contributed by atoms with Crippen LogP contribution in [0.15, 0.2) is 12.1 Å². The van der Waals surface area contributed by atoms with E-state index in [-0.39, 0.29) is 18.1 Å². The number of aryl methyl sites for hydroxylation is 1. The zero-order valence-electron chi connectivity index (χ0n) is 12.7. The van der Waals surface area contributed by atoms with Gasteiger partial charge in [0.1, 0.15) is 6.17 Å². The van der Waals surface area contributed by atoms with Gasteiger partial charge in [0.15, 0.2) is 0 Å². The maximum absolute atomic E-state index is 12.6. The number of carbonyl (C=O) groups is 1. The molecular formula is C15H24N2OS2. The van der Waals surface area contributed by atoms with E-state index >= 15 is 0 Å². The first-order chi connectivity index (χ1) is 9.52. The van der Waals surface area contributed by atoms with Gasteiger partial charge in [-0.1, -0.05) is 13.8 Å². The lowest BCUT2D eigenvalue weighted by molar-refractivity contribution is -0.130. The van der Waals surface area contributed by atoms with Crippen molar-refractivity contribution in [2.45, 2.75) is 39.4 Å². The zero-order chi connectivity index (χ0) is 14.7. The fourth-order valence-electron chi connectivity index (χ4n) is 2.58. The molecule has 1 aliphatic heterocycles. The molecule has 2 rings (SSSR count). The molecule has 0 spiro atoms. The summed E-state index contributed by atoms with van der Waals surface area (Å²) in [7, 11) is 0. The lowest BCUT2D eigenvalue weighted by Crippen LogP contribution is -2.33. The number of hydrogen-bond donors (Lipinski definition) is 1. The van der Waals surface area contributed by atoms with Crippen molar-refractivity contribution in [2.75, 3.05) is 18.6 Å². The van der Waals surface area contributed by atoms with Gasteiger partial charge in [-0.2, -0.15) is 11.8 Å². The standard InChI is InChI=1S/C15H24N2OS2/c1-10(2)9-12-15(18)17(7-8-19-4)14(16-12)13-6-5-11(3)20-13/h5-6,10,12,14,16H,7-9H2,1-4H3.